The number of carboxylic acid groups (broad SMARTS) is 1. The van der Waals surface area contributed by atoms with Crippen molar-refractivity contribution in [3.63, 3.8) is 0 Å². The third kappa shape index (κ3) is 2.96. The van der Waals surface area contributed by atoms with Crippen molar-refractivity contribution >= 4 is 23.6 Å². The van der Waals surface area contributed by atoms with Crippen molar-refractivity contribution in [2.75, 3.05) is 18.5 Å². The Morgan fingerprint density at radius 2 is 2.05 bits per heavy atom. The lowest BCUT2D eigenvalue weighted by Gasteiger charge is -2.20. The van der Waals surface area contributed by atoms with Crippen molar-refractivity contribution in [3.8, 4) is 0 Å². The minimum atomic E-state index is -0.992. The monoisotopic (exact) mass is 291 g/mol. The molecule has 1 aliphatic heterocycles. The Bertz CT molecular complexity index is 600. The first-order chi connectivity index (χ1) is 9.93. The van der Waals surface area contributed by atoms with Gasteiger partial charge in [-0.05, 0) is 37.1 Å². The summed E-state index contributed by atoms with van der Waals surface area (Å²) in [6, 6.07) is 3.66. The van der Waals surface area contributed by atoms with Gasteiger partial charge in [-0.25, -0.2) is 9.59 Å². The fourth-order valence-electron chi connectivity index (χ4n) is 2.29. The number of urea groups is 1. The first-order valence-electron chi connectivity index (χ1n) is 6.60. The Balaban J connectivity index is 2.13. The summed E-state index contributed by atoms with van der Waals surface area (Å²) in [7, 11) is 1.50. The van der Waals surface area contributed by atoms with E-state index in [4.69, 9.17) is 5.11 Å². The van der Waals surface area contributed by atoms with Crippen molar-refractivity contribution < 1.29 is 19.5 Å². The van der Waals surface area contributed by atoms with E-state index in [1.54, 1.807) is 19.1 Å². The van der Waals surface area contributed by atoms with Crippen LogP contribution in [0.5, 0.6) is 0 Å². The summed E-state index contributed by atoms with van der Waals surface area (Å²) in [4.78, 5) is 36.0. The van der Waals surface area contributed by atoms with Crippen LogP contribution in [0.15, 0.2) is 18.2 Å². The van der Waals surface area contributed by atoms with Gasteiger partial charge in [0.15, 0.2) is 0 Å². The van der Waals surface area contributed by atoms with E-state index >= 15 is 0 Å². The molecular formula is C14H17N3O4. The predicted octanol–water partition coefficient (Wildman–Crippen LogP) is 0.591. The van der Waals surface area contributed by atoms with E-state index in [1.165, 1.54) is 18.0 Å². The highest BCUT2D eigenvalue weighted by Gasteiger charge is 2.27. The summed E-state index contributed by atoms with van der Waals surface area (Å²) in [6.45, 7) is 2.06. The average Bonchev–Trinajstić information content (AvgIpc) is 2.89. The second-order valence-corrected chi connectivity index (χ2v) is 4.84. The van der Waals surface area contributed by atoms with Gasteiger partial charge in [-0.1, -0.05) is 0 Å². The summed E-state index contributed by atoms with van der Waals surface area (Å²) in [5.41, 5.74) is 1.70. The number of amides is 3. The van der Waals surface area contributed by atoms with E-state index < -0.39 is 12.0 Å². The van der Waals surface area contributed by atoms with Crippen LogP contribution >= 0.6 is 0 Å². The molecule has 1 aromatic rings. The van der Waals surface area contributed by atoms with Crippen LogP contribution in [0.2, 0.25) is 0 Å². The van der Waals surface area contributed by atoms with Crippen LogP contribution in [-0.2, 0) is 11.2 Å². The SMILES string of the molecule is CNC(=O)C(C)NC(=O)N1CCc2cc(C(=O)O)ccc21. The number of nitrogens with one attached hydrogen (secondary N) is 2. The fourth-order valence-corrected chi connectivity index (χ4v) is 2.29. The van der Waals surface area contributed by atoms with Crippen LogP contribution in [0.4, 0.5) is 10.5 Å². The smallest absolute Gasteiger partial charge is 0.335 e. The van der Waals surface area contributed by atoms with Gasteiger partial charge in [0.1, 0.15) is 6.04 Å². The summed E-state index contributed by atoms with van der Waals surface area (Å²) in [5.74, 6) is -1.27. The molecule has 0 fully saturated rings. The van der Waals surface area contributed by atoms with Crippen LogP contribution < -0.4 is 15.5 Å². The zero-order valence-corrected chi connectivity index (χ0v) is 11.8. The molecule has 112 valence electrons. The number of nitrogens with zero attached hydrogens (tertiary/aromatic N) is 1. The van der Waals surface area contributed by atoms with Gasteiger partial charge in [0, 0.05) is 19.3 Å². The summed E-state index contributed by atoms with van der Waals surface area (Å²) in [6.07, 6.45) is 0.595. The molecular weight excluding hydrogens is 274 g/mol. The molecule has 0 saturated carbocycles. The molecule has 7 heteroatoms. The third-order valence-electron chi connectivity index (χ3n) is 3.45. The quantitative estimate of drug-likeness (QED) is 0.759. The number of likely N-dealkylation sites (N-methyl/N-ethyl adjacent to an activating group) is 1. The lowest BCUT2D eigenvalue weighted by Crippen LogP contribution is -2.49. The number of carboxylic acids is 1. The molecule has 1 heterocycles. The molecule has 0 aliphatic carbocycles. The number of hydrogen-bond donors (Lipinski definition) is 3. The minimum Gasteiger partial charge on any atom is -0.478 e. The van der Waals surface area contributed by atoms with Gasteiger partial charge in [0.05, 0.1) is 5.56 Å². The van der Waals surface area contributed by atoms with E-state index in [0.717, 1.165) is 5.56 Å². The van der Waals surface area contributed by atoms with Crippen molar-refractivity contribution in [2.45, 2.75) is 19.4 Å². The average molecular weight is 291 g/mol. The van der Waals surface area contributed by atoms with E-state index in [-0.39, 0.29) is 17.5 Å². The zero-order valence-electron chi connectivity index (χ0n) is 11.8. The number of carbonyl (C=O) groups is 3. The number of rotatable bonds is 3. The van der Waals surface area contributed by atoms with E-state index in [0.29, 0.717) is 18.7 Å². The van der Waals surface area contributed by atoms with Crippen LogP contribution in [0.25, 0.3) is 0 Å². The Morgan fingerprint density at radius 3 is 2.67 bits per heavy atom. The molecule has 2 rings (SSSR count). The second kappa shape index (κ2) is 5.82. The standard InChI is InChI=1S/C14H17N3O4/c1-8(12(18)15-2)16-14(21)17-6-5-9-7-10(13(19)20)3-4-11(9)17/h3-4,7-8H,5-6H2,1-2H3,(H,15,18)(H,16,21)(H,19,20). The molecule has 0 saturated heterocycles. The normalized spacial score (nSPS) is 14.3. The highest BCUT2D eigenvalue weighted by atomic mass is 16.4. The largest absolute Gasteiger partial charge is 0.478 e. The zero-order chi connectivity index (χ0) is 15.6. The molecule has 3 amide bonds. The van der Waals surface area contributed by atoms with Gasteiger partial charge >= 0.3 is 12.0 Å². The maximum absolute atomic E-state index is 12.2. The minimum absolute atomic E-state index is 0.203. The number of carbonyl (C=O) groups excluding carboxylic acids is 2. The maximum atomic E-state index is 12.2. The van der Waals surface area contributed by atoms with E-state index in [1.807, 2.05) is 0 Å². The fraction of sp³-hybridized carbons (Fsp3) is 0.357. The molecule has 1 atom stereocenters. The summed E-state index contributed by atoms with van der Waals surface area (Å²) < 4.78 is 0. The van der Waals surface area contributed by atoms with Crippen molar-refractivity contribution in [1.29, 1.82) is 0 Å². The summed E-state index contributed by atoms with van der Waals surface area (Å²) >= 11 is 0. The first kappa shape index (κ1) is 14.8. The Morgan fingerprint density at radius 1 is 1.33 bits per heavy atom. The molecule has 1 aromatic carbocycles. The van der Waals surface area contributed by atoms with E-state index in [9.17, 15) is 14.4 Å². The highest BCUT2D eigenvalue weighted by Crippen LogP contribution is 2.28. The van der Waals surface area contributed by atoms with Gasteiger partial charge < -0.3 is 15.7 Å². The second-order valence-electron chi connectivity index (χ2n) is 4.84. The highest BCUT2D eigenvalue weighted by molar-refractivity contribution is 5.98. The van der Waals surface area contributed by atoms with Crippen LogP contribution in [-0.4, -0.2) is 42.6 Å². The molecule has 3 N–H and O–H groups in total. The van der Waals surface area contributed by atoms with Crippen LogP contribution in [0.3, 0.4) is 0 Å². The molecule has 0 spiro atoms. The Labute approximate surface area is 121 Å². The number of fused-ring (bicyclic) bond motifs is 1. The molecule has 0 radical (unpaired) electrons. The lowest BCUT2D eigenvalue weighted by molar-refractivity contribution is -0.122. The predicted molar refractivity (Wildman–Crippen MR) is 76.5 cm³/mol. The number of hydrogen-bond acceptors (Lipinski definition) is 3. The van der Waals surface area contributed by atoms with Gasteiger partial charge in [0.25, 0.3) is 0 Å². The summed E-state index contributed by atoms with van der Waals surface area (Å²) in [5, 5.41) is 14.0. The number of aromatic carboxylic acids is 1. The molecule has 7 nitrogen and oxygen atoms in total. The topological polar surface area (TPSA) is 98.7 Å². The molecule has 1 aliphatic rings. The van der Waals surface area contributed by atoms with Crippen LogP contribution in [0.1, 0.15) is 22.8 Å². The maximum Gasteiger partial charge on any atom is 0.335 e. The molecule has 0 aromatic heterocycles. The van der Waals surface area contributed by atoms with Gasteiger partial charge in [-0.3, -0.25) is 9.69 Å². The molecule has 1 unspecified atom stereocenters. The van der Waals surface area contributed by atoms with Gasteiger partial charge in [-0.15, -0.1) is 0 Å². The van der Waals surface area contributed by atoms with E-state index in [2.05, 4.69) is 10.6 Å². The first-order valence-corrected chi connectivity index (χ1v) is 6.60. The van der Waals surface area contributed by atoms with Crippen molar-refractivity contribution in [2.24, 2.45) is 0 Å². The number of anilines is 1. The van der Waals surface area contributed by atoms with Gasteiger partial charge in [-0.2, -0.15) is 0 Å². The Kier molecular flexibility index (Phi) is 4.11. The third-order valence-corrected chi connectivity index (χ3v) is 3.45. The molecule has 0 bridgehead atoms. The molecule has 21 heavy (non-hydrogen) atoms. The van der Waals surface area contributed by atoms with Crippen molar-refractivity contribution in [1.82, 2.24) is 10.6 Å². The Hall–Kier alpha value is -2.57. The van der Waals surface area contributed by atoms with Crippen LogP contribution in [0, 0.1) is 0 Å². The van der Waals surface area contributed by atoms with Gasteiger partial charge in [0.2, 0.25) is 5.91 Å². The van der Waals surface area contributed by atoms with Crippen molar-refractivity contribution in [3.05, 3.63) is 29.3 Å². The number of benzene rings is 1. The lowest BCUT2D eigenvalue weighted by atomic mass is 10.1.